The van der Waals surface area contributed by atoms with Gasteiger partial charge in [0.05, 0.1) is 19.3 Å². The van der Waals surface area contributed by atoms with Gasteiger partial charge in [-0.25, -0.2) is 0 Å². The second-order valence-corrected chi connectivity index (χ2v) is 8.28. The third-order valence-electron chi connectivity index (χ3n) is 5.26. The van der Waals surface area contributed by atoms with Gasteiger partial charge in [-0.2, -0.15) is 0 Å². The Labute approximate surface area is 163 Å². The van der Waals surface area contributed by atoms with Crippen LogP contribution in [0.15, 0.2) is 41.8 Å². The molecule has 1 amide bonds. The smallest absolute Gasteiger partial charge is 0.223 e. The number of nitrogens with zero attached hydrogens (tertiary/aromatic N) is 1. The number of morpholine rings is 1. The monoisotopic (exact) mass is 390 g/mol. The number of thiophene rings is 1. The lowest BCUT2D eigenvalue weighted by Crippen LogP contribution is -2.43. The summed E-state index contributed by atoms with van der Waals surface area (Å²) in [5, 5.41) is 6.05. The quantitative estimate of drug-likeness (QED) is 0.817. The molecule has 1 aliphatic carbocycles. The summed E-state index contributed by atoms with van der Waals surface area (Å²) in [5.74, 6) is 0.445. The number of rotatable bonds is 6. The minimum atomic E-state index is 0.0450. The standard InChI is InChI=1S/C20H23ClN2O2S/c21-17-5-2-1-4-14(17)15-12-16(15)20(24)22-13-18(19-6-3-11-26-19)23-7-9-25-10-8-23/h1-6,11,15-16,18H,7-10,12-13H2,(H,22,24). The molecule has 1 saturated heterocycles. The van der Waals surface area contributed by atoms with Crippen molar-refractivity contribution in [3.8, 4) is 0 Å². The van der Waals surface area contributed by atoms with Gasteiger partial charge in [0.25, 0.3) is 0 Å². The van der Waals surface area contributed by atoms with Gasteiger partial charge in [0.15, 0.2) is 0 Å². The molecule has 2 fully saturated rings. The van der Waals surface area contributed by atoms with Crippen LogP contribution in [0.25, 0.3) is 0 Å². The summed E-state index contributed by atoms with van der Waals surface area (Å²) < 4.78 is 5.48. The Morgan fingerprint density at radius 1 is 1.27 bits per heavy atom. The van der Waals surface area contributed by atoms with Gasteiger partial charge in [-0.1, -0.05) is 35.9 Å². The third kappa shape index (κ3) is 3.96. The van der Waals surface area contributed by atoms with Gasteiger partial charge in [0.1, 0.15) is 0 Å². The molecule has 4 rings (SSSR count). The van der Waals surface area contributed by atoms with Gasteiger partial charge in [0.2, 0.25) is 5.91 Å². The van der Waals surface area contributed by atoms with E-state index in [0.29, 0.717) is 6.54 Å². The van der Waals surface area contributed by atoms with Crippen molar-refractivity contribution in [1.82, 2.24) is 10.2 Å². The lowest BCUT2D eigenvalue weighted by atomic mass is 10.1. The molecule has 2 heterocycles. The van der Waals surface area contributed by atoms with E-state index >= 15 is 0 Å². The summed E-state index contributed by atoms with van der Waals surface area (Å²) in [6.07, 6.45) is 0.886. The number of halogens is 1. The predicted octanol–water partition coefficient (Wildman–Crippen LogP) is 3.69. The first-order valence-electron chi connectivity index (χ1n) is 9.11. The highest BCUT2D eigenvalue weighted by atomic mass is 35.5. The van der Waals surface area contributed by atoms with Crippen molar-refractivity contribution in [2.24, 2.45) is 5.92 Å². The minimum Gasteiger partial charge on any atom is -0.379 e. The van der Waals surface area contributed by atoms with Crippen molar-refractivity contribution in [2.75, 3.05) is 32.8 Å². The Morgan fingerprint density at radius 3 is 2.81 bits per heavy atom. The van der Waals surface area contributed by atoms with E-state index in [0.717, 1.165) is 43.3 Å². The van der Waals surface area contributed by atoms with E-state index in [9.17, 15) is 4.79 Å². The van der Waals surface area contributed by atoms with Gasteiger partial charge >= 0.3 is 0 Å². The molecule has 1 aromatic heterocycles. The van der Waals surface area contributed by atoms with Crippen LogP contribution < -0.4 is 5.32 Å². The van der Waals surface area contributed by atoms with Crippen LogP contribution in [-0.2, 0) is 9.53 Å². The average molecular weight is 391 g/mol. The Bertz CT molecular complexity index is 746. The molecule has 138 valence electrons. The molecule has 2 aromatic rings. The molecule has 26 heavy (non-hydrogen) atoms. The highest BCUT2D eigenvalue weighted by Crippen LogP contribution is 2.49. The molecule has 0 bridgehead atoms. The largest absolute Gasteiger partial charge is 0.379 e. The van der Waals surface area contributed by atoms with Crippen LogP contribution >= 0.6 is 22.9 Å². The third-order valence-corrected chi connectivity index (χ3v) is 6.58. The van der Waals surface area contributed by atoms with Gasteiger partial charge in [-0.3, -0.25) is 9.69 Å². The average Bonchev–Trinajstić information content (AvgIpc) is 3.28. The molecule has 2 aliphatic rings. The van der Waals surface area contributed by atoms with E-state index in [2.05, 4.69) is 27.7 Å². The number of hydrogen-bond donors (Lipinski definition) is 1. The Balaban J connectivity index is 1.37. The van der Waals surface area contributed by atoms with E-state index < -0.39 is 0 Å². The van der Waals surface area contributed by atoms with Crippen LogP contribution in [-0.4, -0.2) is 43.7 Å². The Kier molecular flexibility index (Phi) is 5.60. The maximum Gasteiger partial charge on any atom is 0.223 e. The van der Waals surface area contributed by atoms with Crippen molar-refractivity contribution in [1.29, 1.82) is 0 Å². The second-order valence-electron chi connectivity index (χ2n) is 6.89. The molecular weight excluding hydrogens is 368 g/mol. The van der Waals surface area contributed by atoms with Crippen LogP contribution in [0.3, 0.4) is 0 Å². The van der Waals surface area contributed by atoms with E-state index in [1.807, 2.05) is 24.3 Å². The zero-order valence-electron chi connectivity index (χ0n) is 14.6. The topological polar surface area (TPSA) is 41.6 Å². The number of amides is 1. The molecule has 1 aromatic carbocycles. The summed E-state index contributed by atoms with van der Waals surface area (Å²) in [6.45, 7) is 3.97. The van der Waals surface area contributed by atoms with E-state index in [1.165, 1.54) is 4.88 Å². The lowest BCUT2D eigenvalue weighted by molar-refractivity contribution is -0.122. The zero-order valence-corrected chi connectivity index (χ0v) is 16.1. The van der Waals surface area contributed by atoms with Crippen LogP contribution in [0.2, 0.25) is 5.02 Å². The fourth-order valence-corrected chi connectivity index (χ4v) is 4.85. The Morgan fingerprint density at radius 2 is 2.08 bits per heavy atom. The van der Waals surface area contributed by atoms with E-state index in [4.69, 9.17) is 16.3 Å². The van der Waals surface area contributed by atoms with Gasteiger partial charge in [-0.05, 0) is 35.4 Å². The van der Waals surface area contributed by atoms with Crippen molar-refractivity contribution in [3.05, 3.63) is 57.2 Å². The molecule has 1 aliphatic heterocycles. The first-order chi connectivity index (χ1) is 12.7. The molecule has 3 atom stereocenters. The van der Waals surface area contributed by atoms with Crippen molar-refractivity contribution in [3.63, 3.8) is 0 Å². The van der Waals surface area contributed by atoms with Crippen LogP contribution in [0.4, 0.5) is 0 Å². The van der Waals surface area contributed by atoms with Gasteiger partial charge < -0.3 is 10.1 Å². The number of benzene rings is 1. The first kappa shape index (κ1) is 18.0. The number of hydrogen-bond acceptors (Lipinski definition) is 4. The minimum absolute atomic E-state index is 0.0450. The normalized spacial score (nSPS) is 24.2. The Hall–Kier alpha value is -1.40. The summed E-state index contributed by atoms with van der Waals surface area (Å²) in [4.78, 5) is 16.4. The molecule has 3 unspecified atom stereocenters. The number of ether oxygens (including phenoxy) is 1. The summed E-state index contributed by atoms with van der Waals surface area (Å²) >= 11 is 8.03. The molecule has 0 radical (unpaired) electrons. The predicted molar refractivity (Wildman–Crippen MR) is 105 cm³/mol. The maximum absolute atomic E-state index is 12.7. The molecule has 0 spiro atoms. The molecular formula is C20H23ClN2O2S. The maximum atomic E-state index is 12.7. The van der Waals surface area contributed by atoms with Crippen molar-refractivity contribution in [2.45, 2.75) is 18.4 Å². The summed E-state index contributed by atoms with van der Waals surface area (Å²) in [6, 6.07) is 12.3. The number of carbonyl (C=O) groups excluding carboxylic acids is 1. The van der Waals surface area contributed by atoms with Gasteiger partial charge in [0, 0.05) is 35.5 Å². The SMILES string of the molecule is O=C(NCC(c1cccs1)N1CCOCC1)C1CC1c1ccccc1Cl. The fourth-order valence-electron chi connectivity index (χ4n) is 3.71. The first-order valence-corrected chi connectivity index (χ1v) is 10.4. The highest BCUT2D eigenvalue weighted by Gasteiger charge is 2.44. The van der Waals surface area contributed by atoms with E-state index in [1.54, 1.807) is 11.3 Å². The zero-order chi connectivity index (χ0) is 17.9. The molecule has 4 nitrogen and oxygen atoms in total. The van der Waals surface area contributed by atoms with Crippen molar-refractivity contribution < 1.29 is 9.53 Å². The van der Waals surface area contributed by atoms with Crippen molar-refractivity contribution >= 4 is 28.8 Å². The highest BCUT2D eigenvalue weighted by molar-refractivity contribution is 7.10. The van der Waals surface area contributed by atoms with Crippen LogP contribution in [0.5, 0.6) is 0 Å². The lowest BCUT2D eigenvalue weighted by Gasteiger charge is -2.34. The van der Waals surface area contributed by atoms with E-state index in [-0.39, 0.29) is 23.8 Å². The summed E-state index contributed by atoms with van der Waals surface area (Å²) in [5.41, 5.74) is 1.09. The van der Waals surface area contributed by atoms with Crippen LogP contribution in [0.1, 0.15) is 28.8 Å². The molecule has 1 N–H and O–H groups in total. The number of nitrogens with one attached hydrogen (secondary N) is 1. The molecule has 6 heteroatoms. The fraction of sp³-hybridized carbons (Fsp3) is 0.450. The number of carbonyl (C=O) groups is 1. The van der Waals surface area contributed by atoms with Crippen LogP contribution in [0, 0.1) is 5.92 Å². The van der Waals surface area contributed by atoms with Gasteiger partial charge in [-0.15, -0.1) is 11.3 Å². The molecule has 1 saturated carbocycles. The second kappa shape index (κ2) is 8.09. The summed E-state index contributed by atoms with van der Waals surface area (Å²) in [7, 11) is 0.